The van der Waals surface area contributed by atoms with Crippen molar-refractivity contribution in [2.24, 2.45) is 0 Å². The van der Waals surface area contributed by atoms with E-state index >= 15 is 0 Å². The molecule has 0 fully saturated rings. The Morgan fingerprint density at radius 1 is 1.24 bits per heavy atom. The van der Waals surface area contributed by atoms with Gasteiger partial charge in [0.05, 0.1) is 12.2 Å². The van der Waals surface area contributed by atoms with Crippen molar-refractivity contribution in [1.29, 1.82) is 0 Å². The van der Waals surface area contributed by atoms with Crippen LogP contribution >= 0.6 is 0 Å². The SMILES string of the molecule is CCC(O)(CC)COc1cc(F)cc(CNCCOC)c1. The molecule has 0 aliphatic carbocycles. The van der Waals surface area contributed by atoms with E-state index in [-0.39, 0.29) is 12.4 Å². The molecule has 1 rings (SSSR count). The minimum atomic E-state index is -0.858. The van der Waals surface area contributed by atoms with Crippen LogP contribution in [-0.2, 0) is 11.3 Å². The highest BCUT2D eigenvalue weighted by Gasteiger charge is 2.23. The zero-order valence-electron chi connectivity index (χ0n) is 13.1. The van der Waals surface area contributed by atoms with Crippen LogP contribution in [0.5, 0.6) is 5.75 Å². The number of aliphatic hydroxyl groups is 1. The summed E-state index contributed by atoms with van der Waals surface area (Å²) in [6, 6.07) is 4.59. The summed E-state index contributed by atoms with van der Waals surface area (Å²) >= 11 is 0. The third-order valence-electron chi connectivity index (χ3n) is 3.57. The standard InChI is InChI=1S/C16H26FNO3/c1-4-16(19,5-2)12-21-15-9-13(8-14(17)10-15)11-18-6-7-20-3/h8-10,18-19H,4-7,11-12H2,1-3H3. The maximum absolute atomic E-state index is 13.6. The molecule has 0 radical (unpaired) electrons. The third kappa shape index (κ3) is 6.42. The number of hydrogen-bond donors (Lipinski definition) is 2. The van der Waals surface area contributed by atoms with E-state index in [1.54, 1.807) is 13.2 Å². The molecule has 0 heterocycles. The van der Waals surface area contributed by atoms with Crippen LogP contribution in [0.15, 0.2) is 18.2 Å². The number of nitrogens with one attached hydrogen (secondary N) is 1. The number of hydrogen-bond acceptors (Lipinski definition) is 4. The average molecular weight is 299 g/mol. The highest BCUT2D eigenvalue weighted by atomic mass is 19.1. The van der Waals surface area contributed by atoms with Crippen LogP contribution in [0, 0.1) is 5.82 Å². The monoisotopic (exact) mass is 299 g/mol. The van der Waals surface area contributed by atoms with Gasteiger partial charge in [0.25, 0.3) is 0 Å². The summed E-state index contributed by atoms with van der Waals surface area (Å²) in [4.78, 5) is 0. The lowest BCUT2D eigenvalue weighted by atomic mass is 9.99. The Balaban J connectivity index is 2.60. The Bertz CT molecular complexity index is 422. The van der Waals surface area contributed by atoms with Crippen LogP contribution in [0.4, 0.5) is 4.39 Å². The van der Waals surface area contributed by atoms with Gasteiger partial charge >= 0.3 is 0 Å². The molecule has 0 saturated heterocycles. The summed E-state index contributed by atoms with van der Waals surface area (Å²) in [7, 11) is 1.64. The fourth-order valence-corrected chi connectivity index (χ4v) is 1.88. The van der Waals surface area contributed by atoms with Crippen molar-refractivity contribution >= 4 is 0 Å². The summed E-state index contributed by atoms with van der Waals surface area (Å²) in [6.45, 7) is 5.84. The van der Waals surface area contributed by atoms with Gasteiger partial charge < -0.3 is 19.9 Å². The molecule has 5 heteroatoms. The number of ether oxygens (including phenoxy) is 2. The van der Waals surface area contributed by atoms with E-state index in [1.165, 1.54) is 12.1 Å². The third-order valence-corrected chi connectivity index (χ3v) is 3.57. The van der Waals surface area contributed by atoms with Crippen molar-refractivity contribution in [3.05, 3.63) is 29.6 Å². The second-order valence-corrected chi connectivity index (χ2v) is 5.18. The van der Waals surface area contributed by atoms with Crippen LogP contribution in [0.1, 0.15) is 32.3 Å². The highest BCUT2D eigenvalue weighted by Crippen LogP contribution is 2.20. The molecule has 0 aliphatic rings. The Hall–Kier alpha value is -1.17. The minimum Gasteiger partial charge on any atom is -0.490 e. The molecule has 0 spiro atoms. The molecule has 0 aliphatic heterocycles. The lowest BCUT2D eigenvalue weighted by Gasteiger charge is -2.25. The lowest BCUT2D eigenvalue weighted by Crippen LogP contribution is -2.34. The summed E-state index contributed by atoms with van der Waals surface area (Å²) in [5.41, 5.74) is -0.0546. The molecule has 120 valence electrons. The fourth-order valence-electron chi connectivity index (χ4n) is 1.88. The topological polar surface area (TPSA) is 50.7 Å². The van der Waals surface area contributed by atoms with Gasteiger partial charge in [0.15, 0.2) is 0 Å². The van der Waals surface area contributed by atoms with Gasteiger partial charge in [0.1, 0.15) is 18.2 Å². The molecule has 0 saturated carbocycles. The first-order valence-corrected chi connectivity index (χ1v) is 7.37. The largest absolute Gasteiger partial charge is 0.490 e. The van der Waals surface area contributed by atoms with E-state index in [9.17, 15) is 9.50 Å². The Kier molecular flexibility index (Phi) is 7.64. The molecule has 0 aromatic heterocycles. The molecule has 0 atom stereocenters. The molecule has 0 unspecified atom stereocenters. The van der Waals surface area contributed by atoms with Gasteiger partial charge in [-0.1, -0.05) is 13.8 Å². The van der Waals surface area contributed by atoms with Gasteiger partial charge in [-0.05, 0) is 30.5 Å². The van der Waals surface area contributed by atoms with Crippen molar-refractivity contribution in [3.8, 4) is 5.75 Å². The first kappa shape index (κ1) is 17.9. The van der Waals surface area contributed by atoms with Crippen molar-refractivity contribution in [2.75, 3.05) is 26.9 Å². The van der Waals surface area contributed by atoms with E-state index in [0.717, 1.165) is 5.56 Å². The number of rotatable bonds is 10. The molecular formula is C16H26FNO3. The van der Waals surface area contributed by atoms with Gasteiger partial charge in [-0.3, -0.25) is 0 Å². The Labute approximate surface area is 126 Å². The first-order chi connectivity index (χ1) is 10.0. The van der Waals surface area contributed by atoms with Gasteiger partial charge in [-0.15, -0.1) is 0 Å². The van der Waals surface area contributed by atoms with Crippen molar-refractivity contribution in [2.45, 2.75) is 38.8 Å². The van der Waals surface area contributed by atoms with Gasteiger partial charge in [0, 0.05) is 26.3 Å². The Morgan fingerprint density at radius 3 is 2.57 bits per heavy atom. The molecule has 4 nitrogen and oxygen atoms in total. The lowest BCUT2D eigenvalue weighted by molar-refractivity contribution is -0.0114. The van der Waals surface area contributed by atoms with Gasteiger partial charge in [0.2, 0.25) is 0 Å². The van der Waals surface area contributed by atoms with E-state index in [1.807, 2.05) is 13.8 Å². The smallest absolute Gasteiger partial charge is 0.127 e. The van der Waals surface area contributed by atoms with Crippen LogP contribution in [0.2, 0.25) is 0 Å². The molecule has 2 N–H and O–H groups in total. The zero-order valence-corrected chi connectivity index (χ0v) is 13.1. The van der Waals surface area contributed by atoms with Gasteiger partial charge in [-0.2, -0.15) is 0 Å². The fraction of sp³-hybridized carbons (Fsp3) is 0.625. The number of benzene rings is 1. The minimum absolute atomic E-state index is 0.167. The van der Waals surface area contributed by atoms with Crippen molar-refractivity contribution < 1.29 is 19.0 Å². The molecule has 21 heavy (non-hydrogen) atoms. The van der Waals surface area contributed by atoms with Crippen LogP contribution in [-0.4, -0.2) is 37.6 Å². The summed E-state index contributed by atoms with van der Waals surface area (Å²) < 4.78 is 24.1. The van der Waals surface area contributed by atoms with Crippen molar-refractivity contribution in [3.63, 3.8) is 0 Å². The molecular weight excluding hydrogens is 273 g/mol. The van der Waals surface area contributed by atoms with E-state index in [2.05, 4.69) is 5.32 Å². The van der Waals surface area contributed by atoms with E-state index < -0.39 is 5.60 Å². The molecule has 1 aromatic carbocycles. The predicted octanol–water partition coefficient (Wildman–Crippen LogP) is 2.49. The van der Waals surface area contributed by atoms with Crippen LogP contribution < -0.4 is 10.1 Å². The molecule has 0 bridgehead atoms. The quantitative estimate of drug-likeness (QED) is 0.652. The molecule has 1 aromatic rings. The van der Waals surface area contributed by atoms with Gasteiger partial charge in [-0.25, -0.2) is 4.39 Å². The average Bonchev–Trinajstić information content (AvgIpc) is 2.49. The van der Waals surface area contributed by atoms with E-state index in [0.29, 0.717) is 38.3 Å². The Morgan fingerprint density at radius 2 is 1.95 bits per heavy atom. The molecule has 0 amide bonds. The maximum atomic E-state index is 13.6. The first-order valence-electron chi connectivity index (χ1n) is 7.37. The second-order valence-electron chi connectivity index (χ2n) is 5.18. The van der Waals surface area contributed by atoms with Crippen molar-refractivity contribution in [1.82, 2.24) is 5.32 Å². The summed E-state index contributed by atoms with van der Waals surface area (Å²) in [5, 5.41) is 13.3. The maximum Gasteiger partial charge on any atom is 0.127 e. The van der Waals surface area contributed by atoms with Crippen LogP contribution in [0.25, 0.3) is 0 Å². The zero-order chi connectivity index (χ0) is 15.7. The second kappa shape index (κ2) is 8.97. The summed E-state index contributed by atoms with van der Waals surface area (Å²) in [5.74, 6) is 0.103. The predicted molar refractivity (Wildman–Crippen MR) is 81.0 cm³/mol. The normalized spacial score (nSPS) is 11.7. The summed E-state index contributed by atoms with van der Waals surface area (Å²) in [6.07, 6.45) is 1.20. The highest BCUT2D eigenvalue weighted by molar-refractivity contribution is 5.29. The van der Waals surface area contributed by atoms with Crippen LogP contribution in [0.3, 0.4) is 0 Å². The van der Waals surface area contributed by atoms with E-state index in [4.69, 9.17) is 9.47 Å². The number of halogens is 1. The number of methoxy groups -OCH3 is 1.